The molecule has 9 heteroatoms. The second-order valence-corrected chi connectivity index (χ2v) is 6.10. The lowest BCUT2D eigenvalue weighted by Gasteiger charge is -2.15. The Balaban J connectivity index is 1.84. The van der Waals surface area contributed by atoms with Gasteiger partial charge in [-0.1, -0.05) is 6.92 Å². The van der Waals surface area contributed by atoms with Gasteiger partial charge >= 0.3 is 6.03 Å². The van der Waals surface area contributed by atoms with E-state index < -0.39 is 0 Å². The molecule has 1 aliphatic heterocycles. The second kappa shape index (κ2) is 8.47. The molecule has 1 saturated heterocycles. The summed E-state index contributed by atoms with van der Waals surface area (Å²) in [6.07, 6.45) is 2.86. The van der Waals surface area contributed by atoms with Gasteiger partial charge in [0.2, 0.25) is 5.91 Å². The Kier molecular flexibility index (Phi) is 6.33. The Labute approximate surface area is 139 Å². The van der Waals surface area contributed by atoms with E-state index in [0.29, 0.717) is 25.6 Å². The number of rotatable bonds is 7. The zero-order valence-electron chi connectivity index (χ0n) is 13.4. The average molecular weight is 338 g/mol. The van der Waals surface area contributed by atoms with Crippen LogP contribution in [0.4, 0.5) is 4.79 Å². The standard InChI is InChI=1S/C14H22N6O2S/c1-3-10-7-17-11(23-10)8-18-13(15-4-2)16-5-6-20-12(21)9-19-14(20)22/h7H,3-6,8-9H2,1-2H3,(H,19,22)(H2,15,16,18). The summed E-state index contributed by atoms with van der Waals surface area (Å²) in [5.74, 6) is 0.446. The predicted molar refractivity (Wildman–Crippen MR) is 89.4 cm³/mol. The van der Waals surface area contributed by atoms with E-state index in [4.69, 9.17) is 0 Å². The van der Waals surface area contributed by atoms with Crippen LogP contribution in [0.5, 0.6) is 0 Å². The summed E-state index contributed by atoms with van der Waals surface area (Å²) in [5, 5.41) is 9.71. The highest BCUT2D eigenvalue weighted by Crippen LogP contribution is 2.13. The number of carbonyl (C=O) groups is 2. The van der Waals surface area contributed by atoms with Crippen LogP contribution in [-0.2, 0) is 17.8 Å². The lowest BCUT2D eigenvalue weighted by molar-refractivity contribution is -0.124. The third-order valence-corrected chi connectivity index (χ3v) is 4.36. The van der Waals surface area contributed by atoms with Gasteiger partial charge in [0.25, 0.3) is 0 Å². The highest BCUT2D eigenvalue weighted by atomic mass is 32.1. The fourth-order valence-corrected chi connectivity index (χ4v) is 2.83. The number of nitrogens with one attached hydrogen (secondary N) is 3. The SMILES string of the molecule is CCNC(=NCc1ncc(CC)s1)NCCN1C(=O)CNC1=O. The molecule has 1 aliphatic rings. The van der Waals surface area contributed by atoms with Crippen LogP contribution >= 0.6 is 11.3 Å². The molecule has 0 aromatic carbocycles. The first kappa shape index (κ1) is 17.2. The van der Waals surface area contributed by atoms with Crippen molar-refractivity contribution >= 4 is 29.2 Å². The van der Waals surface area contributed by atoms with E-state index in [1.54, 1.807) is 11.3 Å². The summed E-state index contributed by atoms with van der Waals surface area (Å²) in [4.78, 5) is 34.2. The Morgan fingerprint density at radius 3 is 2.87 bits per heavy atom. The third-order valence-electron chi connectivity index (χ3n) is 3.23. The van der Waals surface area contributed by atoms with E-state index in [2.05, 4.69) is 32.9 Å². The van der Waals surface area contributed by atoms with Crippen LogP contribution < -0.4 is 16.0 Å². The Hall–Kier alpha value is -2.16. The smallest absolute Gasteiger partial charge is 0.324 e. The largest absolute Gasteiger partial charge is 0.357 e. The van der Waals surface area contributed by atoms with Crippen LogP contribution in [0.1, 0.15) is 23.7 Å². The van der Waals surface area contributed by atoms with E-state index in [9.17, 15) is 9.59 Å². The van der Waals surface area contributed by atoms with Crippen molar-refractivity contribution in [3.63, 3.8) is 0 Å². The van der Waals surface area contributed by atoms with Gasteiger partial charge in [0.1, 0.15) is 5.01 Å². The van der Waals surface area contributed by atoms with Crippen molar-refractivity contribution in [2.75, 3.05) is 26.2 Å². The van der Waals surface area contributed by atoms with Crippen molar-refractivity contribution in [1.29, 1.82) is 0 Å². The van der Waals surface area contributed by atoms with E-state index in [1.807, 2.05) is 13.1 Å². The molecule has 0 bridgehead atoms. The van der Waals surface area contributed by atoms with Crippen LogP contribution in [-0.4, -0.2) is 54.0 Å². The highest BCUT2D eigenvalue weighted by molar-refractivity contribution is 7.11. The monoisotopic (exact) mass is 338 g/mol. The summed E-state index contributed by atoms with van der Waals surface area (Å²) in [5.41, 5.74) is 0. The van der Waals surface area contributed by atoms with Crippen LogP contribution in [0.15, 0.2) is 11.2 Å². The zero-order valence-corrected chi connectivity index (χ0v) is 14.2. The van der Waals surface area contributed by atoms with Crippen LogP contribution in [0.2, 0.25) is 0 Å². The van der Waals surface area contributed by atoms with Crippen molar-refractivity contribution in [2.45, 2.75) is 26.8 Å². The van der Waals surface area contributed by atoms with Gasteiger partial charge in [-0.05, 0) is 13.3 Å². The first-order chi connectivity index (χ1) is 11.1. The van der Waals surface area contributed by atoms with E-state index in [0.717, 1.165) is 18.0 Å². The Bertz CT molecular complexity index is 570. The van der Waals surface area contributed by atoms with Gasteiger partial charge in [-0.15, -0.1) is 11.3 Å². The van der Waals surface area contributed by atoms with Gasteiger partial charge in [-0.3, -0.25) is 9.69 Å². The molecule has 1 aromatic rings. The molecule has 0 spiro atoms. The molecule has 2 rings (SSSR count). The van der Waals surface area contributed by atoms with Crippen molar-refractivity contribution in [3.05, 3.63) is 16.1 Å². The molecular formula is C14H22N6O2S. The molecule has 8 nitrogen and oxygen atoms in total. The van der Waals surface area contributed by atoms with Crippen LogP contribution in [0.3, 0.4) is 0 Å². The van der Waals surface area contributed by atoms with Crippen LogP contribution in [0.25, 0.3) is 0 Å². The minimum absolute atomic E-state index is 0.0802. The number of aromatic nitrogens is 1. The van der Waals surface area contributed by atoms with Gasteiger partial charge in [-0.2, -0.15) is 0 Å². The lowest BCUT2D eigenvalue weighted by Crippen LogP contribution is -2.43. The molecule has 0 atom stereocenters. The topological polar surface area (TPSA) is 98.7 Å². The molecule has 1 fully saturated rings. The lowest BCUT2D eigenvalue weighted by atomic mass is 10.4. The molecule has 1 aromatic heterocycles. The van der Waals surface area contributed by atoms with Crippen molar-refractivity contribution in [3.8, 4) is 0 Å². The van der Waals surface area contributed by atoms with E-state index >= 15 is 0 Å². The summed E-state index contributed by atoms with van der Waals surface area (Å²) >= 11 is 1.66. The minimum Gasteiger partial charge on any atom is -0.357 e. The Morgan fingerprint density at radius 2 is 2.26 bits per heavy atom. The average Bonchev–Trinajstić information content (AvgIpc) is 3.13. The Morgan fingerprint density at radius 1 is 1.43 bits per heavy atom. The molecule has 2 heterocycles. The highest BCUT2D eigenvalue weighted by Gasteiger charge is 2.27. The first-order valence-electron chi connectivity index (χ1n) is 7.68. The molecule has 0 saturated carbocycles. The maximum Gasteiger partial charge on any atom is 0.324 e. The summed E-state index contributed by atoms with van der Waals surface area (Å²) in [6, 6.07) is -0.339. The van der Waals surface area contributed by atoms with E-state index in [1.165, 1.54) is 9.78 Å². The number of imide groups is 1. The molecule has 3 N–H and O–H groups in total. The maximum atomic E-state index is 11.5. The number of nitrogens with zero attached hydrogens (tertiary/aromatic N) is 3. The van der Waals surface area contributed by atoms with Gasteiger partial charge in [0.05, 0.1) is 13.1 Å². The number of carbonyl (C=O) groups excluding carboxylic acids is 2. The fraction of sp³-hybridized carbons (Fsp3) is 0.571. The molecule has 23 heavy (non-hydrogen) atoms. The summed E-state index contributed by atoms with van der Waals surface area (Å²) < 4.78 is 0. The fourth-order valence-electron chi connectivity index (χ4n) is 2.04. The molecule has 126 valence electrons. The zero-order chi connectivity index (χ0) is 16.7. The number of hydrogen-bond donors (Lipinski definition) is 3. The van der Waals surface area contributed by atoms with Crippen molar-refractivity contribution < 1.29 is 9.59 Å². The number of urea groups is 1. The summed E-state index contributed by atoms with van der Waals surface area (Å²) in [7, 11) is 0. The summed E-state index contributed by atoms with van der Waals surface area (Å²) in [6.45, 7) is 6.15. The molecule has 3 amide bonds. The normalized spacial score (nSPS) is 15.0. The van der Waals surface area contributed by atoms with Gasteiger partial charge < -0.3 is 16.0 Å². The number of amides is 3. The van der Waals surface area contributed by atoms with E-state index in [-0.39, 0.29) is 18.5 Å². The quantitative estimate of drug-likeness (QED) is 0.378. The number of thiazole rings is 1. The first-order valence-corrected chi connectivity index (χ1v) is 8.49. The van der Waals surface area contributed by atoms with Gasteiger partial charge in [0, 0.05) is 30.7 Å². The van der Waals surface area contributed by atoms with Crippen molar-refractivity contribution in [2.24, 2.45) is 4.99 Å². The van der Waals surface area contributed by atoms with Crippen LogP contribution in [0, 0.1) is 0 Å². The number of guanidine groups is 1. The van der Waals surface area contributed by atoms with Gasteiger partial charge in [0.15, 0.2) is 5.96 Å². The molecule has 0 unspecified atom stereocenters. The van der Waals surface area contributed by atoms with Crippen molar-refractivity contribution in [1.82, 2.24) is 25.8 Å². The van der Waals surface area contributed by atoms with Gasteiger partial charge in [-0.25, -0.2) is 14.8 Å². The number of aliphatic imine (C=N–C) groups is 1. The molecule has 0 aliphatic carbocycles. The number of hydrogen-bond acceptors (Lipinski definition) is 5. The predicted octanol–water partition coefficient (Wildman–Crippen LogP) is 0.312. The minimum atomic E-state index is -0.339. The molecule has 0 radical (unpaired) electrons. The second-order valence-electron chi connectivity index (χ2n) is 4.90. The third kappa shape index (κ3) is 4.92. The maximum absolute atomic E-state index is 11.5. The number of aryl methyl sites for hydroxylation is 1. The molecular weight excluding hydrogens is 316 g/mol.